The second-order valence-corrected chi connectivity index (χ2v) is 8.56. The molecule has 1 aromatic rings. The van der Waals surface area contributed by atoms with Crippen molar-refractivity contribution in [1.29, 1.82) is 0 Å². The zero-order valence-electron chi connectivity index (χ0n) is 13.6. The first kappa shape index (κ1) is 17.0. The maximum absolute atomic E-state index is 12.7. The number of nitrogens with zero attached hydrogens (tertiary/aromatic N) is 1. The topological polar surface area (TPSA) is 54.5 Å². The minimum atomic E-state index is -2.99. The summed E-state index contributed by atoms with van der Waals surface area (Å²) in [6, 6.07) is 7.48. The molecule has 0 bridgehead atoms. The van der Waals surface area contributed by atoms with Crippen LogP contribution in [0.4, 0.5) is 0 Å². The Balaban J connectivity index is 2.19. The molecule has 0 aromatic heterocycles. The zero-order valence-corrected chi connectivity index (χ0v) is 14.4. The van der Waals surface area contributed by atoms with Crippen molar-refractivity contribution in [2.75, 3.05) is 18.1 Å². The molecule has 1 atom stereocenters. The second kappa shape index (κ2) is 6.82. The Hall–Kier alpha value is -1.36. The van der Waals surface area contributed by atoms with Crippen LogP contribution in [-0.2, 0) is 9.84 Å². The highest BCUT2D eigenvalue weighted by molar-refractivity contribution is 7.91. The normalized spacial score (nSPS) is 20.3. The number of carbonyl (C=O) groups is 1. The van der Waals surface area contributed by atoms with Crippen molar-refractivity contribution < 1.29 is 13.2 Å². The van der Waals surface area contributed by atoms with Gasteiger partial charge in [-0.15, -0.1) is 0 Å². The van der Waals surface area contributed by atoms with Gasteiger partial charge in [0.1, 0.15) is 0 Å². The Kier molecular flexibility index (Phi) is 5.27. The molecule has 1 aliphatic heterocycles. The SMILES string of the molecule is CCCN(C(=O)c1ccc(C(C)C)cc1)C1CCS(=O)(=O)C1. The Labute approximate surface area is 133 Å². The van der Waals surface area contributed by atoms with Crippen LogP contribution in [0.15, 0.2) is 24.3 Å². The monoisotopic (exact) mass is 323 g/mol. The average Bonchev–Trinajstić information content (AvgIpc) is 2.84. The Morgan fingerprint density at radius 3 is 2.36 bits per heavy atom. The molecule has 1 amide bonds. The third-order valence-electron chi connectivity index (χ3n) is 4.20. The van der Waals surface area contributed by atoms with Crippen molar-refractivity contribution in [2.45, 2.75) is 45.6 Å². The molecule has 1 aromatic carbocycles. The van der Waals surface area contributed by atoms with Crippen molar-refractivity contribution in [1.82, 2.24) is 4.90 Å². The lowest BCUT2D eigenvalue weighted by atomic mass is 10.0. The van der Waals surface area contributed by atoms with E-state index in [0.717, 1.165) is 6.42 Å². The fourth-order valence-corrected chi connectivity index (χ4v) is 4.62. The Morgan fingerprint density at radius 1 is 1.27 bits per heavy atom. The van der Waals surface area contributed by atoms with Crippen LogP contribution in [0, 0.1) is 0 Å². The molecule has 122 valence electrons. The highest BCUT2D eigenvalue weighted by Gasteiger charge is 2.34. The lowest BCUT2D eigenvalue weighted by Gasteiger charge is -2.28. The van der Waals surface area contributed by atoms with Gasteiger partial charge in [-0.3, -0.25) is 4.79 Å². The van der Waals surface area contributed by atoms with Gasteiger partial charge in [0.05, 0.1) is 11.5 Å². The van der Waals surface area contributed by atoms with Crippen molar-refractivity contribution in [3.63, 3.8) is 0 Å². The summed E-state index contributed by atoms with van der Waals surface area (Å²) in [6.07, 6.45) is 1.38. The molecule has 0 saturated carbocycles. The number of hydrogen-bond donors (Lipinski definition) is 0. The molecule has 0 aliphatic carbocycles. The van der Waals surface area contributed by atoms with Crippen LogP contribution in [0.1, 0.15) is 55.5 Å². The molecule has 0 N–H and O–H groups in total. The molecule has 0 spiro atoms. The molecular formula is C17H25NO3S. The smallest absolute Gasteiger partial charge is 0.254 e. The minimum absolute atomic E-state index is 0.0562. The van der Waals surface area contributed by atoms with Crippen LogP contribution in [0.5, 0.6) is 0 Å². The van der Waals surface area contributed by atoms with E-state index in [9.17, 15) is 13.2 Å². The molecule has 1 saturated heterocycles. The molecule has 0 radical (unpaired) electrons. The number of hydrogen-bond acceptors (Lipinski definition) is 3. The Bertz CT molecular complexity index is 620. The van der Waals surface area contributed by atoms with Gasteiger partial charge in [0.2, 0.25) is 0 Å². The number of rotatable bonds is 5. The highest BCUT2D eigenvalue weighted by atomic mass is 32.2. The van der Waals surface area contributed by atoms with E-state index in [1.54, 1.807) is 4.90 Å². The number of sulfone groups is 1. The van der Waals surface area contributed by atoms with Gasteiger partial charge >= 0.3 is 0 Å². The van der Waals surface area contributed by atoms with Gasteiger partial charge < -0.3 is 4.90 Å². The average molecular weight is 323 g/mol. The van der Waals surface area contributed by atoms with Gasteiger partial charge in [-0.2, -0.15) is 0 Å². The summed E-state index contributed by atoms with van der Waals surface area (Å²) >= 11 is 0. The first-order valence-electron chi connectivity index (χ1n) is 7.95. The van der Waals surface area contributed by atoms with Crippen LogP contribution in [-0.4, -0.2) is 43.3 Å². The fourth-order valence-electron chi connectivity index (χ4n) is 2.89. The van der Waals surface area contributed by atoms with Gasteiger partial charge in [0.15, 0.2) is 9.84 Å². The standard InChI is InChI=1S/C17H25NO3S/c1-4-10-18(16-9-11-22(20,21)12-16)17(19)15-7-5-14(6-8-15)13(2)3/h5-8,13,16H,4,9-12H2,1-3H3. The fraction of sp³-hybridized carbons (Fsp3) is 0.588. The number of carbonyl (C=O) groups excluding carboxylic acids is 1. The summed E-state index contributed by atoms with van der Waals surface area (Å²) < 4.78 is 23.4. The molecule has 2 rings (SSSR count). The van der Waals surface area contributed by atoms with Gasteiger partial charge in [-0.05, 0) is 36.5 Å². The predicted octanol–water partition coefficient (Wildman–Crippen LogP) is 2.85. The van der Waals surface area contributed by atoms with E-state index in [4.69, 9.17) is 0 Å². The van der Waals surface area contributed by atoms with E-state index in [1.807, 2.05) is 31.2 Å². The van der Waals surface area contributed by atoms with E-state index in [2.05, 4.69) is 13.8 Å². The molecule has 1 fully saturated rings. The predicted molar refractivity (Wildman–Crippen MR) is 88.9 cm³/mol. The largest absolute Gasteiger partial charge is 0.335 e. The van der Waals surface area contributed by atoms with E-state index in [0.29, 0.717) is 24.4 Å². The first-order valence-corrected chi connectivity index (χ1v) is 9.77. The van der Waals surface area contributed by atoms with Gasteiger partial charge in [-0.25, -0.2) is 8.42 Å². The van der Waals surface area contributed by atoms with Gasteiger partial charge in [0.25, 0.3) is 5.91 Å². The third-order valence-corrected chi connectivity index (χ3v) is 5.95. The van der Waals surface area contributed by atoms with Crippen molar-refractivity contribution in [3.05, 3.63) is 35.4 Å². The van der Waals surface area contributed by atoms with Crippen molar-refractivity contribution >= 4 is 15.7 Å². The summed E-state index contributed by atoms with van der Waals surface area (Å²) in [6.45, 7) is 6.84. The molecule has 22 heavy (non-hydrogen) atoms. The minimum Gasteiger partial charge on any atom is -0.335 e. The summed E-state index contributed by atoms with van der Waals surface area (Å²) in [5.74, 6) is 0.662. The lowest BCUT2D eigenvalue weighted by Crippen LogP contribution is -2.41. The van der Waals surface area contributed by atoms with E-state index >= 15 is 0 Å². The Morgan fingerprint density at radius 2 is 1.91 bits per heavy atom. The summed E-state index contributed by atoms with van der Waals surface area (Å²) in [5.41, 5.74) is 1.84. The molecule has 4 nitrogen and oxygen atoms in total. The summed E-state index contributed by atoms with van der Waals surface area (Å²) in [5, 5.41) is 0. The van der Waals surface area contributed by atoms with E-state index in [1.165, 1.54) is 5.56 Å². The molecule has 1 aliphatic rings. The quantitative estimate of drug-likeness (QED) is 0.837. The van der Waals surface area contributed by atoms with Crippen LogP contribution in [0.2, 0.25) is 0 Å². The summed E-state index contributed by atoms with van der Waals surface area (Å²) in [4.78, 5) is 14.5. The van der Waals surface area contributed by atoms with Gasteiger partial charge in [-0.1, -0.05) is 32.9 Å². The second-order valence-electron chi connectivity index (χ2n) is 6.33. The maximum Gasteiger partial charge on any atom is 0.254 e. The van der Waals surface area contributed by atoms with Crippen LogP contribution < -0.4 is 0 Å². The lowest BCUT2D eigenvalue weighted by molar-refractivity contribution is 0.0697. The zero-order chi connectivity index (χ0) is 16.3. The number of amides is 1. The first-order chi connectivity index (χ1) is 10.3. The van der Waals surface area contributed by atoms with Gasteiger partial charge in [0, 0.05) is 18.2 Å². The molecule has 5 heteroatoms. The molecule has 1 heterocycles. The summed E-state index contributed by atoms with van der Waals surface area (Å²) in [7, 11) is -2.99. The maximum atomic E-state index is 12.7. The van der Waals surface area contributed by atoms with Crippen molar-refractivity contribution in [3.8, 4) is 0 Å². The van der Waals surface area contributed by atoms with Crippen LogP contribution in [0.3, 0.4) is 0 Å². The van der Waals surface area contributed by atoms with Crippen molar-refractivity contribution in [2.24, 2.45) is 0 Å². The van der Waals surface area contributed by atoms with Crippen LogP contribution in [0.25, 0.3) is 0 Å². The highest BCUT2D eigenvalue weighted by Crippen LogP contribution is 2.21. The third kappa shape index (κ3) is 3.88. The van der Waals surface area contributed by atoms with E-state index in [-0.39, 0.29) is 23.5 Å². The molecule has 1 unspecified atom stereocenters. The van der Waals surface area contributed by atoms with E-state index < -0.39 is 9.84 Å². The molecular weight excluding hydrogens is 298 g/mol. The number of benzene rings is 1. The van der Waals surface area contributed by atoms with Crippen LogP contribution >= 0.6 is 0 Å².